The van der Waals surface area contributed by atoms with Gasteiger partial charge in [-0.1, -0.05) is 12.1 Å². The van der Waals surface area contributed by atoms with E-state index in [0.29, 0.717) is 31.6 Å². The highest BCUT2D eigenvalue weighted by Gasteiger charge is 2.39. The molecule has 41 heavy (non-hydrogen) atoms. The molecule has 1 saturated heterocycles. The van der Waals surface area contributed by atoms with Gasteiger partial charge in [-0.3, -0.25) is 4.90 Å². The van der Waals surface area contributed by atoms with Gasteiger partial charge in [-0.25, -0.2) is 4.39 Å². The fourth-order valence-corrected chi connectivity index (χ4v) is 6.15. The Hall–Kier alpha value is -2.99. The molecule has 3 aromatic rings. The molecule has 2 fully saturated rings. The van der Waals surface area contributed by atoms with Crippen molar-refractivity contribution in [2.75, 3.05) is 13.1 Å². The number of hydrogen-bond donors (Lipinski definition) is 0. The number of nitrogens with zero attached hydrogens (tertiary/aromatic N) is 4. The maximum atomic E-state index is 13.7. The predicted molar refractivity (Wildman–Crippen MR) is 136 cm³/mol. The molecular weight excluding hydrogens is 553 g/mol. The summed E-state index contributed by atoms with van der Waals surface area (Å²) in [5.74, 6) is -0.640. The van der Waals surface area contributed by atoms with Crippen molar-refractivity contribution in [3.05, 3.63) is 83.2 Å². The molecule has 0 unspecified atom stereocenters. The molecule has 0 radical (unpaired) electrons. The summed E-state index contributed by atoms with van der Waals surface area (Å²) in [6.07, 6.45) is -3.55. The quantitative estimate of drug-likeness (QED) is 0.280. The van der Waals surface area contributed by atoms with Crippen LogP contribution in [0.1, 0.15) is 79.3 Å². The average molecular weight is 585 g/mol. The summed E-state index contributed by atoms with van der Waals surface area (Å²) in [4.78, 5) is 2.38. The van der Waals surface area contributed by atoms with Crippen LogP contribution in [0, 0.1) is 5.82 Å². The molecule has 222 valence electrons. The molecule has 2 aliphatic rings. The Morgan fingerprint density at radius 2 is 1.37 bits per heavy atom. The second kappa shape index (κ2) is 11.7. The van der Waals surface area contributed by atoms with Crippen molar-refractivity contribution in [2.24, 2.45) is 0 Å². The minimum absolute atomic E-state index is 0.119. The molecular formula is C29H31F7N4O. The molecule has 0 spiro atoms. The van der Waals surface area contributed by atoms with Crippen LogP contribution < -0.4 is 0 Å². The molecule has 2 aromatic carbocycles. The second-order valence-electron chi connectivity index (χ2n) is 11.0. The topological polar surface area (TPSA) is 43.2 Å². The van der Waals surface area contributed by atoms with Gasteiger partial charge in [0.1, 0.15) is 18.5 Å². The van der Waals surface area contributed by atoms with Gasteiger partial charge in [-0.15, -0.1) is 10.2 Å². The summed E-state index contributed by atoms with van der Waals surface area (Å²) < 4.78 is 103. The zero-order valence-electron chi connectivity index (χ0n) is 22.4. The number of hydrogen-bond acceptors (Lipinski definition) is 4. The molecule has 5 rings (SSSR count). The number of likely N-dealkylation sites (tertiary alicyclic amines) is 1. The Balaban J connectivity index is 1.34. The Labute approximate surface area is 233 Å². The number of halogens is 7. The van der Waals surface area contributed by atoms with Crippen molar-refractivity contribution < 1.29 is 35.5 Å². The van der Waals surface area contributed by atoms with E-state index in [-0.39, 0.29) is 17.5 Å². The van der Waals surface area contributed by atoms with E-state index in [4.69, 9.17) is 4.74 Å². The van der Waals surface area contributed by atoms with E-state index < -0.39 is 41.5 Å². The van der Waals surface area contributed by atoms with Gasteiger partial charge in [-0.05, 0) is 80.5 Å². The molecule has 1 aromatic heterocycles. The lowest BCUT2D eigenvalue weighted by atomic mass is 9.84. The van der Waals surface area contributed by atoms with E-state index in [9.17, 15) is 30.7 Å². The molecule has 1 saturated carbocycles. The summed E-state index contributed by atoms with van der Waals surface area (Å²) in [7, 11) is 0. The van der Waals surface area contributed by atoms with Crippen LogP contribution in [0.3, 0.4) is 0 Å². The maximum Gasteiger partial charge on any atom is 0.416 e. The number of piperidine rings is 1. The number of aromatic nitrogens is 3. The average Bonchev–Trinajstić information content (AvgIpc) is 3.48. The SMILES string of the molecule is C[C@@H](O[C@H]1CCN([C@H]2CC[C@@H](n3cnnc3)CC2)C[C@@H]1c1ccc(F)cc1)c1cc(C(F)(F)F)cc(C(F)(F)F)c1. The van der Waals surface area contributed by atoms with Crippen LogP contribution in [0.5, 0.6) is 0 Å². The van der Waals surface area contributed by atoms with Crippen LogP contribution in [-0.2, 0) is 17.1 Å². The summed E-state index contributed by atoms with van der Waals surface area (Å²) >= 11 is 0. The molecule has 1 aliphatic heterocycles. The molecule has 2 heterocycles. The van der Waals surface area contributed by atoms with Crippen LogP contribution in [-0.4, -0.2) is 44.9 Å². The fourth-order valence-electron chi connectivity index (χ4n) is 6.15. The third-order valence-corrected chi connectivity index (χ3v) is 8.38. The zero-order valence-corrected chi connectivity index (χ0v) is 22.4. The molecule has 0 amide bonds. The van der Waals surface area contributed by atoms with E-state index in [1.807, 2.05) is 4.57 Å². The van der Waals surface area contributed by atoms with Gasteiger partial charge < -0.3 is 9.30 Å². The lowest BCUT2D eigenvalue weighted by Crippen LogP contribution is -2.48. The number of ether oxygens (including phenoxy) is 1. The van der Waals surface area contributed by atoms with E-state index in [1.54, 1.807) is 24.8 Å². The van der Waals surface area contributed by atoms with Crippen LogP contribution in [0.15, 0.2) is 55.1 Å². The standard InChI is InChI=1S/C29H31F7N4O/c1-18(20-12-21(28(31,32)33)14-22(13-20)29(34,35)36)41-27-10-11-39(15-26(27)19-2-4-23(30)5-3-19)24-6-8-25(9-7-24)40-16-37-38-17-40/h2-5,12-14,16-18,24-27H,6-11,15H2,1H3/t18-,24-,25+,26-,27+/m1/s1. The van der Waals surface area contributed by atoms with Gasteiger partial charge >= 0.3 is 12.4 Å². The van der Waals surface area contributed by atoms with Crippen LogP contribution >= 0.6 is 0 Å². The highest BCUT2D eigenvalue weighted by molar-refractivity contribution is 5.35. The minimum atomic E-state index is -4.94. The second-order valence-corrected chi connectivity index (χ2v) is 11.0. The first-order valence-corrected chi connectivity index (χ1v) is 13.7. The maximum absolute atomic E-state index is 13.7. The first kappa shape index (κ1) is 29.5. The van der Waals surface area contributed by atoms with Crippen LogP contribution in [0.2, 0.25) is 0 Å². The van der Waals surface area contributed by atoms with Gasteiger partial charge in [0.2, 0.25) is 0 Å². The van der Waals surface area contributed by atoms with E-state index in [1.165, 1.54) is 19.1 Å². The summed E-state index contributed by atoms with van der Waals surface area (Å²) in [6.45, 7) is 2.73. The Kier molecular flexibility index (Phi) is 8.43. The monoisotopic (exact) mass is 584 g/mol. The van der Waals surface area contributed by atoms with Crippen LogP contribution in [0.25, 0.3) is 0 Å². The van der Waals surface area contributed by atoms with Crippen molar-refractivity contribution in [3.63, 3.8) is 0 Å². The number of rotatable bonds is 6. The van der Waals surface area contributed by atoms with Crippen molar-refractivity contribution in [3.8, 4) is 0 Å². The van der Waals surface area contributed by atoms with Gasteiger partial charge in [0.05, 0.1) is 23.3 Å². The van der Waals surface area contributed by atoms with E-state index in [0.717, 1.165) is 43.4 Å². The lowest BCUT2D eigenvalue weighted by molar-refractivity contribution is -0.143. The Bertz CT molecular complexity index is 1250. The van der Waals surface area contributed by atoms with Gasteiger partial charge in [0.25, 0.3) is 0 Å². The summed E-state index contributed by atoms with van der Waals surface area (Å²) in [5.41, 5.74) is -2.12. The molecule has 0 bridgehead atoms. The zero-order chi connectivity index (χ0) is 29.4. The van der Waals surface area contributed by atoms with E-state index in [2.05, 4.69) is 15.1 Å². The van der Waals surface area contributed by atoms with Crippen LogP contribution in [0.4, 0.5) is 30.7 Å². The van der Waals surface area contributed by atoms with Gasteiger partial charge in [-0.2, -0.15) is 26.3 Å². The molecule has 3 atom stereocenters. The fraction of sp³-hybridized carbons (Fsp3) is 0.517. The Morgan fingerprint density at radius 1 is 0.805 bits per heavy atom. The number of alkyl halides is 6. The Morgan fingerprint density at radius 3 is 1.93 bits per heavy atom. The first-order valence-electron chi connectivity index (χ1n) is 13.7. The molecule has 1 aliphatic carbocycles. The highest BCUT2D eigenvalue weighted by Crippen LogP contribution is 2.41. The normalized spacial score (nSPS) is 25.3. The van der Waals surface area contributed by atoms with Crippen molar-refractivity contribution in [2.45, 2.75) is 81.6 Å². The van der Waals surface area contributed by atoms with Crippen molar-refractivity contribution in [1.29, 1.82) is 0 Å². The largest absolute Gasteiger partial charge is 0.416 e. The lowest BCUT2D eigenvalue weighted by Gasteiger charge is -2.45. The first-order chi connectivity index (χ1) is 19.4. The summed E-state index contributed by atoms with van der Waals surface area (Å²) in [6, 6.07) is 8.24. The molecule has 0 N–H and O–H groups in total. The smallest absolute Gasteiger partial charge is 0.370 e. The van der Waals surface area contributed by atoms with Gasteiger partial charge in [0.15, 0.2) is 0 Å². The van der Waals surface area contributed by atoms with E-state index >= 15 is 0 Å². The highest BCUT2D eigenvalue weighted by atomic mass is 19.4. The van der Waals surface area contributed by atoms with Crippen molar-refractivity contribution in [1.82, 2.24) is 19.7 Å². The third kappa shape index (κ3) is 6.91. The van der Waals surface area contributed by atoms with Crippen molar-refractivity contribution >= 4 is 0 Å². The van der Waals surface area contributed by atoms with Gasteiger partial charge in [0, 0.05) is 31.1 Å². The number of benzene rings is 2. The predicted octanol–water partition coefficient (Wildman–Crippen LogP) is 7.57. The minimum Gasteiger partial charge on any atom is -0.370 e. The summed E-state index contributed by atoms with van der Waals surface area (Å²) in [5, 5.41) is 7.79. The third-order valence-electron chi connectivity index (χ3n) is 8.38. The molecule has 12 heteroatoms. The molecule has 5 nitrogen and oxygen atoms in total.